The lowest BCUT2D eigenvalue weighted by Crippen LogP contribution is -2.41. The molecule has 3 aliphatic rings. The zero-order valence-corrected chi connectivity index (χ0v) is 19.1. The van der Waals surface area contributed by atoms with Gasteiger partial charge in [0.25, 0.3) is 0 Å². The summed E-state index contributed by atoms with van der Waals surface area (Å²) in [6, 6.07) is 8.54. The first-order chi connectivity index (χ1) is 14.7. The molecule has 1 atom stereocenters. The first kappa shape index (κ1) is 20.8. The molecule has 1 aliphatic carbocycles. The largest absolute Gasteiger partial charge is 0.317 e. The van der Waals surface area contributed by atoms with E-state index in [0.29, 0.717) is 5.92 Å². The van der Waals surface area contributed by atoms with Crippen LogP contribution in [0.1, 0.15) is 54.0 Å². The molecule has 3 nitrogen and oxygen atoms in total. The van der Waals surface area contributed by atoms with E-state index in [2.05, 4.69) is 28.4 Å². The predicted molar refractivity (Wildman–Crippen MR) is 125 cm³/mol. The Kier molecular flexibility index (Phi) is 6.34. The molecule has 3 heterocycles. The molecular formula is C25H31Cl2N3. The first-order valence-electron chi connectivity index (χ1n) is 11.5. The molecule has 1 aromatic heterocycles. The highest BCUT2D eigenvalue weighted by Gasteiger charge is 2.31. The van der Waals surface area contributed by atoms with Crippen molar-refractivity contribution >= 4 is 23.2 Å². The summed E-state index contributed by atoms with van der Waals surface area (Å²) in [5.74, 6) is 2.13. The molecule has 0 amide bonds. The second kappa shape index (κ2) is 9.16. The van der Waals surface area contributed by atoms with Crippen LogP contribution in [-0.4, -0.2) is 42.6 Å². The third-order valence-electron chi connectivity index (χ3n) is 7.57. The molecule has 5 heteroatoms. The van der Waals surface area contributed by atoms with Crippen LogP contribution in [0.5, 0.6) is 0 Å². The van der Waals surface area contributed by atoms with Crippen molar-refractivity contribution < 1.29 is 0 Å². The number of pyridine rings is 1. The van der Waals surface area contributed by atoms with Crippen molar-refractivity contribution in [3.63, 3.8) is 0 Å². The number of aryl methyl sites for hydroxylation is 2. The minimum atomic E-state index is 0.294. The summed E-state index contributed by atoms with van der Waals surface area (Å²) < 4.78 is 0. The van der Waals surface area contributed by atoms with Gasteiger partial charge in [0.05, 0.1) is 10.7 Å². The van der Waals surface area contributed by atoms with Crippen LogP contribution in [0.3, 0.4) is 0 Å². The van der Waals surface area contributed by atoms with Crippen LogP contribution in [0.2, 0.25) is 10.0 Å². The lowest BCUT2D eigenvalue weighted by molar-refractivity contribution is 0.128. The van der Waals surface area contributed by atoms with E-state index in [1.165, 1.54) is 74.2 Å². The van der Waals surface area contributed by atoms with Crippen LogP contribution in [0, 0.1) is 11.8 Å². The Labute approximate surface area is 190 Å². The smallest absolute Gasteiger partial charge is 0.0592 e. The Bertz CT molecular complexity index is 832. The summed E-state index contributed by atoms with van der Waals surface area (Å²) in [4.78, 5) is 7.51. The number of nitrogens with zero attached hydrogens (tertiary/aromatic N) is 2. The fourth-order valence-corrected chi connectivity index (χ4v) is 6.29. The number of hydrogen-bond acceptors (Lipinski definition) is 3. The number of hydrogen-bond donors (Lipinski definition) is 1. The number of nitrogens with one attached hydrogen (secondary N) is 1. The van der Waals surface area contributed by atoms with Crippen molar-refractivity contribution in [2.24, 2.45) is 11.8 Å². The third kappa shape index (κ3) is 4.41. The maximum Gasteiger partial charge on any atom is 0.0592 e. The van der Waals surface area contributed by atoms with Crippen molar-refractivity contribution in [2.45, 2.75) is 44.4 Å². The molecule has 1 N–H and O–H groups in total. The van der Waals surface area contributed by atoms with Crippen molar-refractivity contribution in [3.05, 3.63) is 62.9 Å². The summed E-state index contributed by atoms with van der Waals surface area (Å²) in [6.07, 6.45) is 9.19. The minimum Gasteiger partial charge on any atom is -0.317 e. The molecule has 0 saturated carbocycles. The van der Waals surface area contributed by atoms with Crippen molar-refractivity contribution in [1.82, 2.24) is 15.2 Å². The molecule has 2 aliphatic heterocycles. The second-order valence-corrected chi connectivity index (χ2v) is 10.2. The van der Waals surface area contributed by atoms with Gasteiger partial charge in [0, 0.05) is 23.7 Å². The average molecular weight is 444 g/mol. The van der Waals surface area contributed by atoms with Crippen LogP contribution in [0.4, 0.5) is 0 Å². The fraction of sp³-hybridized carbons (Fsp3) is 0.560. The predicted octanol–water partition coefficient (Wildman–Crippen LogP) is 5.33. The maximum absolute atomic E-state index is 6.34. The normalized spacial score (nSPS) is 23.6. The summed E-state index contributed by atoms with van der Waals surface area (Å²) >= 11 is 12.6. The standard InChI is InChI=1S/C25H31Cl2N3/c26-21-3-4-23-19(13-21)1-2-20-14-22(27)15-29-25(20)24(23)16-30-11-7-18(8-12-30)17-5-9-28-10-6-17/h3-4,13-15,17-18,24,28H,1-2,5-12,16H2. The summed E-state index contributed by atoms with van der Waals surface area (Å²) in [5.41, 5.74) is 5.27. The first-order valence-corrected chi connectivity index (χ1v) is 12.3. The minimum absolute atomic E-state index is 0.294. The summed E-state index contributed by atoms with van der Waals surface area (Å²) in [5, 5.41) is 5.07. The number of benzene rings is 1. The van der Waals surface area contributed by atoms with E-state index in [-0.39, 0.29) is 0 Å². The molecule has 0 bridgehead atoms. The van der Waals surface area contributed by atoms with Gasteiger partial charge in [0.1, 0.15) is 0 Å². The van der Waals surface area contributed by atoms with Crippen molar-refractivity contribution in [1.29, 1.82) is 0 Å². The van der Waals surface area contributed by atoms with Crippen molar-refractivity contribution in [2.75, 3.05) is 32.7 Å². The summed E-state index contributed by atoms with van der Waals surface area (Å²) in [6.45, 7) is 5.86. The van der Waals surface area contributed by atoms with Crippen LogP contribution in [0.25, 0.3) is 0 Å². The third-order valence-corrected chi connectivity index (χ3v) is 8.01. The SMILES string of the molecule is Clc1ccc2c(c1)CCc1cc(Cl)cnc1C2CN1CCC(C2CCNCC2)CC1. The number of aromatic nitrogens is 1. The number of likely N-dealkylation sites (tertiary alicyclic amines) is 1. The number of halogens is 2. The lowest BCUT2D eigenvalue weighted by Gasteiger charge is -2.39. The molecule has 0 radical (unpaired) electrons. The molecule has 2 saturated heterocycles. The summed E-state index contributed by atoms with van der Waals surface area (Å²) in [7, 11) is 0. The van der Waals surface area contributed by atoms with E-state index in [1.807, 2.05) is 12.3 Å². The van der Waals surface area contributed by atoms with E-state index in [0.717, 1.165) is 41.3 Å². The van der Waals surface area contributed by atoms with Gasteiger partial charge in [-0.15, -0.1) is 0 Å². The van der Waals surface area contributed by atoms with Crippen molar-refractivity contribution in [3.8, 4) is 0 Å². The van der Waals surface area contributed by atoms with Gasteiger partial charge in [0.2, 0.25) is 0 Å². The number of piperidine rings is 2. The molecule has 30 heavy (non-hydrogen) atoms. The number of fused-ring (bicyclic) bond motifs is 2. The van der Waals surface area contributed by atoms with Crippen LogP contribution < -0.4 is 5.32 Å². The zero-order valence-electron chi connectivity index (χ0n) is 17.5. The molecule has 0 spiro atoms. The molecule has 1 aromatic carbocycles. The van der Waals surface area contributed by atoms with Gasteiger partial charge in [0.15, 0.2) is 0 Å². The van der Waals surface area contributed by atoms with Gasteiger partial charge >= 0.3 is 0 Å². The van der Waals surface area contributed by atoms with Gasteiger partial charge in [-0.05, 0) is 111 Å². The van der Waals surface area contributed by atoms with E-state index in [1.54, 1.807) is 0 Å². The highest BCUT2D eigenvalue weighted by atomic mass is 35.5. The van der Waals surface area contributed by atoms with E-state index < -0.39 is 0 Å². The highest BCUT2D eigenvalue weighted by molar-refractivity contribution is 6.30. The van der Waals surface area contributed by atoms with Crippen LogP contribution >= 0.6 is 23.2 Å². The van der Waals surface area contributed by atoms with E-state index in [9.17, 15) is 0 Å². The number of rotatable bonds is 3. The zero-order chi connectivity index (χ0) is 20.5. The topological polar surface area (TPSA) is 28.2 Å². The quantitative estimate of drug-likeness (QED) is 0.694. The molecule has 160 valence electrons. The Hall–Kier alpha value is -1.13. The van der Waals surface area contributed by atoms with Gasteiger partial charge < -0.3 is 10.2 Å². The van der Waals surface area contributed by atoms with Crippen LogP contribution in [0.15, 0.2) is 30.5 Å². The van der Waals surface area contributed by atoms with Gasteiger partial charge in [-0.2, -0.15) is 0 Å². The fourth-order valence-electron chi connectivity index (χ4n) is 5.92. The maximum atomic E-state index is 6.34. The van der Waals surface area contributed by atoms with E-state index in [4.69, 9.17) is 28.2 Å². The molecule has 2 aromatic rings. The lowest BCUT2D eigenvalue weighted by atomic mass is 9.79. The van der Waals surface area contributed by atoms with E-state index >= 15 is 0 Å². The monoisotopic (exact) mass is 443 g/mol. The van der Waals surface area contributed by atoms with Gasteiger partial charge in [-0.25, -0.2) is 0 Å². The molecule has 5 rings (SSSR count). The average Bonchev–Trinajstić information content (AvgIpc) is 2.91. The van der Waals surface area contributed by atoms with Gasteiger partial charge in [-0.1, -0.05) is 29.3 Å². The highest BCUT2D eigenvalue weighted by Crippen LogP contribution is 2.37. The molecular weight excluding hydrogens is 413 g/mol. The second-order valence-electron chi connectivity index (χ2n) is 9.32. The van der Waals surface area contributed by atoms with Gasteiger partial charge in [-0.3, -0.25) is 4.98 Å². The Morgan fingerprint density at radius 1 is 0.900 bits per heavy atom. The molecule has 1 unspecified atom stereocenters. The van der Waals surface area contributed by atoms with Crippen LogP contribution in [-0.2, 0) is 12.8 Å². The Morgan fingerprint density at radius 3 is 2.40 bits per heavy atom. The molecule has 2 fully saturated rings. The Balaban J connectivity index is 1.36. The Morgan fingerprint density at radius 2 is 1.60 bits per heavy atom.